The molecule has 17 heavy (non-hydrogen) atoms. The summed E-state index contributed by atoms with van der Waals surface area (Å²) in [5.74, 6) is -0.148. The quantitative estimate of drug-likeness (QED) is 0.643. The molecule has 0 saturated heterocycles. The Bertz CT molecular complexity index is 441. The van der Waals surface area contributed by atoms with Crippen LogP contribution in [0.2, 0.25) is 0 Å². The molecule has 0 saturated carbocycles. The number of rotatable bonds is 4. The van der Waals surface area contributed by atoms with Crippen molar-refractivity contribution in [3.8, 4) is 0 Å². The molecule has 1 N–H and O–H groups in total. The number of nitro groups is 1. The van der Waals surface area contributed by atoms with E-state index in [0.717, 1.165) is 5.56 Å². The minimum Gasteiger partial charge on any atom is -0.352 e. The van der Waals surface area contributed by atoms with E-state index < -0.39 is 4.92 Å². The SMILES string of the molecule is Cc1c(CNC(=O)C(C)C)cccc1[N+](=O)[O-]. The molecule has 1 aromatic carbocycles. The molecule has 0 spiro atoms. The van der Waals surface area contributed by atoms with Gasteiger partial charge in [-0.25, -0.2) is 0 Å². The Morgan fingerprint density at radius 1 is 1.47 bits per heavy atom. The zero-order chi connectivity index (χ0) is 13.0. The van der Waals surface area contributed by atoms with Gasteiger partial charge in [-0.15, -0.1) is 0 Å². The Morgan fingerprint density at radius 2 is 2.12 bits per heavy atom. The van der Waals surface area contributed by atoms with Crippen molar-refractivity contribution in [2.75, 3.05) is 0 Å². The molecule has 5 heteroatoms. The van der Waals surface area contributed by atoms with Crippen molar-refractivity contribution in [2.45, 2.75) is 27.3 Å². The number of hydrogen-bond acceptors (Lipinski definition) is 3. The maximum absolute atomic E-state index is 11.4. The smallest absolute Gasteiger partial charge is 0.272 e. The van der Waals surface area contributed by atoms with Gasteiger partial charge in [0.05, 0.1) is 4.92 Å². The summed E-state index contributed by atoms with van der Waals surface area (Å²) < 4.78 is 0. The predicted molar refractivity (Wildman–Crippen MR) is 64.5 cm³/mol. The Balaban J connectivity index is 2.82. The lowest BCUT2D eigenvalue weighted by Gasteiger charge is -2.09. The zero-order valence-electron chi connectivity index (χ0n) is 10.2. The van der Waals surface area contributed by atoms with Crippen LogP contribution >= 0.6 is 0 Å². The number of nitrogens with zero attached hydrogens (tertiary/aromatic N) is 1. The van der Waals surface area contributed by atoms with Crippen molar-refractivity contribution in [3.05, 3.63) is 39.4 Å². The highest BCUT2D eigenvalue weighted by atomic mass is 16.6. The van der Waals surface area contributed by atoms with Gasteiger partial charge in [0, 0.05) is 24.1 Å². The summed E-state index contributed by atoms with van der Waals surface area (Å²) in [5.41, 5.74) is 1.45. The molecule has 1 rings (SSSR count). The molecule has 0 bridgehead atoms. The van der Waals surface area contributed by atoms with E-state index in [2.05, 4.69) is 5.32 Å². The van der Waals surface area contributed by atoms with Gasteiger partial charge in [-0.05, 0) is 12.5 Å². The first kappa shape index (κ1) is 13.2. The number of nitrogens with one attached hydrogen (secondary N) is 1. The van der Waals surface area contributed by atoms with Gasteiger partial charge in [0.2, 0.25) is 5.91 Å². The topological polar surface area (TPSA) is 72.2 Å². The molecule has 92 valence electrons. The van der Waals surface area contributed by atoms with Crippen LogP contribution in [0.1, 0.15) is 25.0 Å². The summed E-state index contributed by atoms with van der Waals surface area (Å²) in [6.07, 6.45) is 0. The minimum atomic E-state index is -0.414. The van der Waals surface area contributed by atoms with E-state index in [4.69, 9.17) is 0 Å². The van der Waals surface area contributed by atoms with Crippen molar-refractivity contribution in [2.24, 2.45) is 5.92 Å². The first-order chi connectivity index (χ1) is 7.93. The summed E-state index contributed by atoms with van der Waals surface area (Å²) >= 11 is 0. The van der Waals surface area contributed by atoms with Crippen LogP contribution in [0.5, 0.6) is 0 Å². The molecule has 0 heterocycles. The summed E-state index contributed by atoms with van der Waals surface area (Å²) in [6.45, 7) is 5.62. The van der Waals surface area contributed by atoms with Gasteiger partial charge in [-0.2, -0.15) is 0 Å². The van der Waals surface area contributed by atoms with E-state index in [1.54, 1.807) is 32.9 Å². The molecule has 0 aliphatic carbocycles. The third-order valence-corrected chi connectivity index (χ3v) is 2.59. The highest BCUT2D eigenvalue weighted by molar-refractivity contribution is 5.77. The molecule has 0 unspecified atom stereocenters. The minimum absolute atomic E-state index is 0.0593. The molecule has 0 aliphatic rings. The third-order valence-electron chi connectivity index (χ3n) is 2.59. The van der Waals surface area contributed by atoms with Gasteiger partial charge in [0.1, 0.15) is 0 Å². The van der Waals surface area contributed by atoms with Crippen LogP contribution < -0.4 is 5.32 Å². The lowest BCUT2D eigenvalue weighted by atomic mass is 10.1. The number of amides is 1. The van der Waals surface area contributed by atoms with Crippen LogP contribution in [0.25, 0.3) is 0 Å². The normalized spacial score (nSPS) is 10.4. The van der Waals surface area contributed by atoms with Gasteiger partial charge >= 0.3 is 0 Å². The number of carbonyl (C=O) groups is 1. The Labute approximate surface area is 100.0 Å². The maximum atomic E-state index is 11.4. The Hall–Kier alpha value is -1.91. The standard InChI is InChI=1S/C12H16N2O3/c1-8(2)12(15)13-7-10-5-4-6-11(9(10)3)14(16)17/h4-6,8H,7H2,1-3H3,(H,13,15). The monoisotopic (exact) mass is 236 g/mol. The van der Waals surface area contributed by atoms with Crippen LogP contribution in [0.3, 0.4) is 0 Å². The summed E-state index contributed by atoms with van der Waals surface area (Å²) in [5, 5.41) is 13.5. The molecule has 0 atom stereocenters. The summed E-state index contributed by atoms with van der Waals surface area (Å²) in [7, 11) is 0. The molecular formula is C12H16N2O3. The van der Waals surface area contributed by atoms with E-state index in [0.29, 0.717) is 12.1 Å². The van der Waals surface area contributed by atoms with Crippen molar-refractivity contribution < 1.29 is 9.72 Å². The van der Waals surface area contributed by atoms with Crippen LogP contribution in [0.4, 0.5) is 5.69 Å². The van der Waals surface area contributed by atoms with Crippen molar-refractivity contribution in [3.63, 3.8) is 0 Å². The highest BCUT2D eigenvalue weighted by Crippen LogP contribution is 2.20. The Morgan fingerprint density at radius 3 is 2.65 bits per heavy atom. The van der Waals surface area contributed by atoms with Crippen LogP contribution in [0.15, 0.2) is 18.2 Å². The first-order valence-corrected chi connectivity index (χ1v) is 5.44. The third kappa shape index (κ3) is 3.27. The van der Waals surface area contributed by atoms with E-state index in [1.165, 1.54) is 6.07 Å². The van der Waals surface area contributed by atoms with E-state index >= 15 is 0 Å². The summed E-state index contributed by atoms with van der Waals surface area (Å²) in [4.78, 5) is 21.7. The fourth-order valence-electron chi connectivity index (χ4n) is 1.45. The van der Waals surface area contributed by atoms with E-state index in [1.807, 2.05) is 0 Å². The lowest BCUT2D eigenvalue weighted by Crippen LogP contribution is -2.27. The lowest BCUT2D eigenvalue weighted by molar-refractivity contribution is -0.385. The van der Waals surface area contributed by atoms with E-state index in [9.17, 15) is 14.9 Å². The van der Waals surface area contributed by atoms with Crippen molar-refractivity contribution in [1.82, 2.24) is 5.32 Å². The van der Waals surface area contributed by atoms with Gasteiger partial charge in [0.25, 0.3) is 5.69 Å². The number of nitro benzene ring substituents is 1. The molecule has 1 amide bonds. The van der Waals surface area contributed by atoms with Gasteiger partial charge in [0.15, 0.2) is 0 Å². The molecule has 5 nitrogen and oxygen atoms in total. The van der Waals surface area contributed by atoms with E-state index in [-0.39, 0.29) is 17.5 Å². The van der Waals surface area contributed by atoms with Crippen molar-refractivity contribution in [1.29, 1.82) is 0 Å². The molecule has 1 aromatic rings. The van der Waals surface area contributed by atoms with Gasteiger partial charge in [-0.3, -0.25) is 14.9 Å². The maximum Gasteiger partial charge on any atom is 0.272 e. The summed E-state index contributed by atoms with van der Waals surface area (Å²) in [6, 6.07) is 4.87. The fraction of sp³-hybridized carbons (Fsp3) is 0.417. The average Bonchev–Trinajstić information content (AvgIpc) is 2.26. The van der Waals surface area contributed by atoms with Crippen LogP contribution in [-0.4, -0.2) is 10.8 Å². The molecule has 0 aliphatic heterocycles. The first-order valence-electron chi connectivity index (χ1n) is 5.44. The predicted octanol–water partition coefficient (Wildman–Crippen LogP) is 2.18. The van der Waals surface area contributed by atoms with Crippen LogP contribution in [0, 0.1) is 23.0 Å². The van der Waals surface area contributed by atoms with Crippen LogP contribution in [-0.2, 0) is 11.3 Å². The largest absolute Gasteiger partial charge is 0.352 e. The average molecular weight is 236 g/mol. The molecular weight excluding hydrogens is 220 g/mol. The Kier molecular flexibility index (Phi) is 4.20. The second-order valence-corrected chi connectivity index (χ2v) is 4.19. The van der Waals surface area contributed by atoms with Crippen molar-refractivity contribution >= 4 is 11.6 Å². The fourth-order valence-corrected chi connectivity index (χ4v) is 1.45. The second-order valence-electron chi connectivity index (χ2n) is 4.19. The zero-order valence-corrected chi connectivity index (χ0v) is 10.2. The molecule has 0 aromatic heterocycles. The molecule has 0 fully saturated rings. The number of carbonyl (C=O) groups excluding carboxylic acids is 1. The van der Waals surface area contributed by atoms with Gasteiger partial charge < -0.3 is 5.32 Å². The highest BCUT2D eigenvalue weighted by Gasteiger charge is 2.14. The second kappa shape index (κ2) is 5.43. The number of hydrogen-bond donors (Lipinski definition) is 1. The number of benzene rings is 1. The van der Waals surface area contributed by atoms with Gasteiger partial charge in [-0.1, -0.05) is 26.0 Å². The molecule has 0 radical (unpaired) electrons.